The van der Waals surface area contributed by atoms with Gasteiger partial charge in [0.1, 0.15) is 5.75 Å². The van der Waals surface area contributed by atoms with Crippen LogP contribution in [-0.4, -0.2) is 29.7 Å². The van der Waals surface area contributed by atoms with Crippen LogP contribution >= 0.6 is 15.9 Å². The molecule has 0 spiro atoms. The van der Waals surface area contributed by atoms with Crippen LogP contribution in [0.2, 0.25) is 0 Å². The first-order valence-electron chi connectivity index (χ1n) is 5.04. The lowest BCUT2D eigenvalue weighted by Gasteiger charge is -2.14. The SMILES string of the molecule is CC(Oc1ccc(Br)cc1)C(=O)NOCC(=O)O. The molecule has 1 unspecified atom stereocenters. The van der Waals surface area contributed by atoms with E-state index in [9.17, 15) is 9.59 Å². The quantitative estimate of drug-likeness (QED) is 0.774. The number of carboxylic acids is 1. The highest BCUT2D eigenvalue weighted by Crippen LogP contribution is 2.17. The second kappa shape index (κ2) is 6.97. The monoisotopic (exact) mass is 317 g/mol. The minimum absolute atomic E-state index is 0.527. The van der Waals surface area contributed by atoms with E-state index in [1.54, 1.807) is 24.3 Å². The normalized spacial score (nSPS) is 11.7. The number of amides is 1. The van der Waals surface area contributed by atoms with Crippen molar-refractivity contribution in [2.24, 2.45) is 0 Å². The topological polar surface area (TPSA) is 84.9 Å². The van der Waals surface area contributed by atoms with Crippen LogP contribution in [0.25, 0.3) is 0 Å². The van der Waals surface area contributed by atoms with Crippen molar-refractivity contribution >= 4 is 27.8 Å². The van der Waals surface area contributed by atoms with Crippen molar-refractivity contribution in [2.45, 2.75) is 13.0 Å². The largest absolute Gasteiger partial charge is 0.481 e. The molecular weight excluding hydrogens is 306 g/mol. The van der Waals surface area contributed by atoms with Crippen LogP contribution in [0.4, 0.5) is 0 Å². The molecule has 2 N–H and O–H groups in total. The first kappa shape index (κ1) is 14.5. The number of carbonyl (C=O) groups excluding carboxylic acids is 1. The van der Waals surface area contributed by atoms with E-state index in [1.807, 2.05) is 5.48 Å². The molecule has 1 atom stereocenters. The fourth-order valence-corrected chi connectivity index (χ4v) is 1.29. The summed E-state index contributed by atoms with van der Waals surface area (Å²) in [6.07, 6.45) is -0.792. The number of ether oxygens (including phenoxy) is 1. The zero-order chi connectivity index (χ0) is 13.5. The summed E-state index contributed by atoms with van der Waals surface area (Å²) in [5, 5.41) is 8.31. The Balaban J connectivity index is 2.39. The van der Waals surface area contributed by atoms with Gasteiger partial charge in [-0.15, -0.1) is 0 Å². The molecule has 18 heavy (non-hydrogen) atoms. The Morgan fingerprint density at radius 2 is 2.00 bits per heavy atom. The van der Waals surface area contributed by atoms with E-state index in [-0.39, 0.29) is 0 Å². The van der Waals surface area contributed by atoms with E-state index in [0.29, 0.717) is 5.75 Å². The molecular formula is C11H12BrNO5. The van der Waals surface area contributed by atoms with Gasteiger partial charge in [0.25, 0.3) is 5.91 Å². The van der Waals surface area contributed by atoms with Crippen LogP contribution in [0, 0.1) is 0 Å². The molecule has 1 aromatic rings. The fourth-order valence-electron chi connectivity index (χ4n) is 1.02. The summed E-state index contributed by atoms with van der Waals surface area (Å²) in [5.74, 6) is -1.20. The van der Waals surface area contributed by atoms with Crippen LogP contribution in [0.15, 0.2) is 28.7 Å². The number of carboxylic acid groups (broad SMARTS) is 1. The number of nitrogens with one attached hydrogen (secondary N) is 1. The van der Waals surface area contributed by atoms with Gasteiger partial charge >= 0.3 is 5.97 Å². The molecule has 98 valence electrons. The van der Waals surface area contributed by atoms with Crippen molar-refractivity contribution in [2.75, 3.05) is 6.61 Å². The first-order chi connectivity index (χ1) is 8.49. The number of hydroxylamine groups is 1. The van der Waals surface area contributed by atoms with Gasteiger partial charge in [0.15, 0.2) is 12.7 Å². The molecule has 0 aliphatic rings. The van der Waals surface area contributed by atoms with Gasteiger partial charge in [0.2, 0.25) is 0 Å². The number of halogens is 1. The molecule has 6 nitrogen and oxygen atoms in total. The van der Waals surface area contributed by atoms with Crippen molar-refractivity contribution in [1.82, 2.24) is 5.48 Å². The molecule has 7 heteroatoms. The Morgan fingerprint density at radius 3 is 2.56 bits per heavy atom. The minimum Gasteiger partial charge on any atom is -0.481 e. The Labute approximate surface area is 112 Å². The number of hydrogen-bond donors (Lipinski definition) is 2. The summed E-state index contributed by atoms with van der Waals surface area (Å²) >= 11 is 3.28. The Kier molecular flexibility index (Phi) is 5.60. The maximum Gasteiger partial charge on any atom is 0.332 e. The average molecular weight is 318 g/mol. The van der Waals surface area contributed by atoms with Crippen molar-refractivity contribution in [1.29, 1.82) is 0 Å². The van der Waals surface area contributed by atoms with Crippen molar-refractivity contribution in [3.8, 4) is 5.75 Å². The van der Waals surface area contributed by atoms with E-state index in [0.717, 1.165) is 4.47 Å². The average Bonchev–Trinajstić information content (AvgIpc) is 2.31. The van der Waals surface area contributed by atoms with Crippen molar-refractivity contribution in [3.63, 3.8) is 0 Å². The summed E-state index contributed by atoms with van der Waals surface area (Å²) in [4.78, 5) is 26.0. The maximum absolute atomic E-state index is 11.4. The third-order valence-corrected chi connectivity index (χ3v) is 2.39. The highest BCUT2D eigenvalue weighted by atomic mass is 79.9. The molecule has 0 bridgehead atoms. The minimum atomic E-state index is -1.17. The first-order valence-corrected chi connectivity index (χ1v) is 5.84. The van der Waals surface area contributed by atoms with Gasteiger partial charge in [-0.1, -0.05) is 15.9 Å². The van der Waals surface area contributed by atoms with E-state index < -0.39 is 24.6 Å². The highest BCUT2D eigenvalue weighted by Gasteiger charge is 2.15. The summed E-state index contributed by atoms with van der Waals surface area (Å²) in [6, 6.07) is 6.96. The van der Waals surface area contributed by atoms with Crippen LogP contribution in [-0.2, 0) is 14.4 Å². The van der Waals surface area contributed by atoms with Gasteiger partial charge < -0.3 is 9.84 Å². The summed E-state index contributed by atoms with van der Waals surface area (Å²) in [7, 11) is 0. The second-order valence-corrected chi connectivity index (χ2v) is 4.28. The van der Waals surface area contributed by atoms with Crippen LogP contribution < -0.4 is 10.2 Å². The predicted octanol–water partition coefficient (Wildman–Crippen LogP) is 1.35. The van der Waals surface area contributed by atoms with Crippen molar-refractivity contribution in [3.05, 3.63) is 28.7 Å². The van der Waals surface area contributed by atoms with Crippen LogP contribution in [0.5, 0.6) is 5.75 Å². The highest BCUT2D eigenvalue weighted by molar-refractivity contribution is 9.10. The van der Waals surface area contributed by atoms with Gasteiger partial charge in [0.05, 0.1) is 0 Å². The number of hydrogen-bond acceptors (Lipinski definition) is 4. The third kappa shape index (κ3) is 5.15. The van der Waals surface area contributed by atoms with E-state index >= 15 is 0 Å². The molecule has 0 heterocycles. The summed E-state index contributed by atoms with van der Waals surface area (Å²) in [5.41, 5.74) is 1.99. The third-order valence-electron chi connectivity index (χ3n) is 1.86. The zero-order valence-electron chi connectivity index (χ0n) is 9.55. The van der Waals surface area contributed by atoms with Gasteiger partial charge in [0, 0.05) is 4.47 Å². The molecule has 1 aromatic carbocycles. The Morgan fingerprint density at radius 1 is 1.39 bits per heavy atom. The lowest BCUT2D eigenvalue weighted by atomic mass is 10.3. The number of aliphatic carboxylic acids is 1. The van der Waals surface area contributed by atoms with E-state index in [4.69, 9.17) is 9.84 Å². The standard InChI is InChI=1S/C11H12BrNO5/c1-7(11(16)13-17-6-10(14)15)18-9-4-2-8(12)3-5-9/h2-5,7H,6H2,1H3,(H,13,16)(H,14,15). The molecule has 0 aromatic heterocycles. The molecule has 1 amide bonds. The molecule has 0 aliphatic carbocycles. The molecule has 0 aliphatic heterocycles. The number of rotatable bonds is 6. The van der Waals surface area contributed by atoms with Gasteiger partial charge in [-0.3, -0.25) is 9.63 Å². The predicted molar refractivity (Wildman–Crippen MR) is 66.0 cm³/mol. The maximum atomic E-state index is 11.4. The van der Waals surface area contributed by atoms with Gasteiger partial charge in [-0.25, -0.2) is 10.3 Å². The summed E-state index contributed by atoms with van der Waals surface area (Å²) in [6.45, 7) is 0.929. The van der Waals surface area contributed by atoms with E-state index in [1.165, 1.54) is 6.92 Å². The van der Waals surface area contributed by atoms with Crippen LogP contribution in [0.1, 0.15) is 6.92 Å². The van der Waals surface area contributed by atoms with E-state index in [2.05, 4.69) is 20.8 Å². The Bertz CT molecular complexity index is 420. The smallest absolute Gasteiger partial charge is 0.332 e. The molecule has 0 radical (unpaired) electrons. The fraction of sp³-hybridized carbons (Fsp3) is 0.273. The van der Waals surface area contributed by atoms with Gasteiger partial charge in [-0.05, 0) is 31.2 Å². The number of benzene rings is 1. The summed E-state index contributed by atoms with van der Waals surface area (Å²) < 4.78 is 6.23. The lowest BCUT2D eigenvalue weighted by Crippen LogP contribution is -2.37. The number of carbonyl (C=O) groups is 2. The Hall–Kier alpha value is -1.60. The second-order valence-electron chi connectivity index (χ2n) is 3.36. The zero-order valence-corrected chi connectivity index (χ0v) is 11.1. The molecule has 1 rings (SSSR count). The molecule has 0 saturated carbocycles. The van der Waals surface area contributed by atoms with Crippen LogP contribution in [0.3, 0.4) is 0 Å². The van der Waals surface area contributed by atoms with Gasteiger partial charge in [-0.2, -0.15) is 0 Å². The lowest BCUT2D eigenvalue weighted by molar-refractivity contribution is -0.151. The van der Waals surface area contributed by atoms with Crippen molar-refractivity contribution < 1.29 is 24.3 Å². The molecule has 0 saturated heterocycles. The molecule has 0 fully saturated rings.